The third-order valence-corrected chi connectivity index (χ3v) is 4.97. The van der Waals surface area contributed by atoms with Crippen LogP contribution < -0.4 is 5.73 Å². The maximum atomic E-state index is 6.40. The Balaban J connectivity index is 2.30. The highest BCUT2D eigenvalue weighted by molar-refractivity contribution is 9.10. The fourth-order valence-corrected chi connectivity index (χ4v) is 3.53. The molecule has 0 aliphatic heterocycles. The van der Waals surface area contributed by atoms with Crippen LogP contribution in [0.3, 0.4) is 0 Å². The highest BCUT2D eigenvalue weighted by Crippen LogP contribution is 2.28. The summed E-state index contributed by atoms with van der Waals surface area (Å²) in [5, 5.41) is 4.52. The van der Waals surface area contributed by atoms with E-state index in [-0.39, 0.29) is 6.04 Å². The normalized spacial score (nSPS) is 12.7. The van der Waals surface area contributed by atoms with Crippen molar-refractivity contribution in [1.82, 2.24) is 9.78 Å². The zero-order valence-corrected chi connectivity index (χ0v) is 15.1. The van der Waals surface area contributed by atoms with Gasteiger partial charge in [0.05, 0.1) is 15.9 Å². The molecule has 1 aromatic carbocycles. The average molecular weight is 401 g/mol. The first-order chi connectivity index (χ1) is 9.43. The maximum Gasteiger partial charge on any atom is 0.0766 e. The zero-order chi connectivity index (χ0) is 14.9. The fourth-order valence-electron chi connectivity index (χ4n) is 2.37. The Hall–Kier alpha value is -0.650. The molecule has 0 fully saturated rings. The number of nitrogens with two attached hydrogens (primary N) is 1. The van der Waals surface area contributed by atoms with Crippen LogP contribution in [-0.2, 0) is 19.9 Å². The van der Waals surface area contributed by atoms with Gasteiger partial charge in [-0.2, -0.15) is 5.10 Å². The second kappa shape index (κ2) is 6.41. The molecule has 1 unspecified atom stereocenters. The lowest BCUT2D eigenvalue weighted by Crippen LogP contribution is -2.16. The van der Waals surface area contributed by atoms with E-state index in [1.54, 1.807) is 0 Å². The first-order valence-electron chi connectivity index (χ1n) is 6.65. The standard InChI is InChI=1S/C15H19Br2N3/c1-4-13-15(17)14(20(3)19-13)8-12(18)11-7-10(16)6-5-9(11)2/h5-7,12H,4,8,18H2,1-3H3. The number of nitrogens with zero attached hydrogens (tertiary/aromatic N) is 2. The minimum atomic E-state index is -0.0380. The van der Waals surface area contributed by atoms with Crippen molar-refractivity contribution in [3.63, 3.8) is 0 Å². The largest absolute Gasteiger partial charge is 0.324 e. The Morgan fingerprint density at radius 1 is 1.35 bits per heavy atom. The van der Waals surface area contributed by atoms with Gasteiger partial charge in [0.2, 0.25) is 0 Å². The van der Waals surface area contributed by atoms with Crippen molar-refractivity contribution >= 4 is 31.9 Å². The van der Waals surface area contributed by atoms with Crippen molar-refractivity contribution in [3.8, 4) is 0 Å². The van der Waals surface area contributed by atoms with Gasteiger partial charge in [0.1, 0.15) is 0 Å². The summed E-state index contributed by atoms with van der Waals surface area (Å²) in [7, 11) is 1.97. The third kappa shape index (κ3) is 3.15. The van der Waals surface area contributed by atoms with E-state index in [9.17, 15) is 0 Å². The molecule has 0 aliphatic carbocycles. The van der Waals surface area contributed by atoms with Crippen molar-refractivity contribution < 1.29 is 0 Å². The molecule has 2 rings (SSSR count). The van der Waals surface area contributed by atoms with Crippen LogP contribution in [0.5, 0.6) is 0 Å². The zero-order valence-electron chi connectivity index (χ0n) is 12.0. The van der Waals surface area contributed by atoms with E-state index in [0.29, 0.717) is 0 Å². The number of hydrogen-bond acceptors (Lipinski definition) is 2. The molecule has 20 heavy (non-hydrogen) atoms. The van der Waals surface area contributed by atoms with E-state index >= 15 is 0 Å². The van der Waals surface area contributed by atoms with E-state index in [1.807, 2.05) is 17.8 Å². The smallest absolute Gasteiger partial charge is 0.0766 e. The predicted octanol–water partition coefficient (Wildman–Crippen LogP) is 4.06. The number of aryl methyl sites for hydroxylation is 3. The maximum absolute atomic E-state index is 6.40. The molecule has 0 aliphatic rings. The quantitative estimate of drug-likeness (QED) is 0.840. The second-order valence-electron chi connectivity index (χ2n) is 5.00. The van der Waals surface area contributed by atoms with Crippen LogP contribution in [-0.4, -0.2) is 9.78 Å². The second-order valence-corrected chi connectivity index (χ2v) is 6.70. The van der Waals surface area contributed by atoms with E-state index in [0.717, 1.165) is 33.2 Å². The van der Waals surface area contributed by atoms with Crippen LogP contribution in [0.2, 0.25) is 0 Å². The summed E-state index contributed by atoms with van der Waals surface area (Å²) in [6.07, 6.45) is 1.68. The van der Waals surface area contributed by atoms with Crippen molar-refractivity contribution in [2.75, 3.05) is 0 Å². The molecule has 0 amide bonds. The van der Waals surface area contributed by atoms with Crippen molar-refractivity contribution in [1.29, 1.82) is 0 Å². The van der Waals surface area contributed by atoms with Crippen LogP contribution in [0.1, 0.15) is 35.5 Å². The number of aromatic nitrogens is 2. The fraction of sp³-hybridized carbons (Fsp3) is 0.400. The Morgan fingerprint density at radius 2 is 2.05 bits per heavy atom. The highest BCUT2D eigenvalue weighted by Gasteiger charge is 2.17. The molecule has 3 nitrogen and oxygen atoms in total. The first-order valence-corrected chi connectivity index (χ1v) is 8.24. The van der Waals surface area contributed by atoms with Crippen molar-refractivity contribution in [2.45, 2.75) is 32.7 Å². The van der Waals surface area contributed by atoms with Crippen LogP contribution in [0.15, 0.2) is 27.1 Å². The molecule has 0 radical (unpaired) electrons. The lowest BCUT2D eigenvalue weighted by molar-refractivity contribution is 0.634. The molecule has 0 bridgehead atoms. The van der Waals surface area contributed by atoms with Gasteiger partial charge in [-0.15, -0.1) is 0 Å². The summed E-state index contributed by atoms with van der Waals surface area (Å²) in [6, 6.07) is 6.20. The van der Waals surface area contributed by atoms with Gasteiger partial charge in [0, 0.05) is 24.0 Å². The monoisotopic (exact) mass is 399 g/mol. The molecule has 108 valence electrons. The molecule has 1 aromatic heterocycles. The molecule has 5 heteroatoms. The first kappa shape index (κ1) is 15.7. The van der Waals surface area contributed by atoms with E-state index in [4.69, 9.17) is 5.73 Å². The van der Waals surface area contributed by atoms with E-state index in [1.165, 1.54) is 11.1 Å². The van der Waals surface area contributed by atoms with Gasteiger partial charge < -0.3 is 5.73 Å². The molecule has 0 spiro atoms. The average Bonchev–Trinajstić information content (AvgIpc) is 2.68. The third-order valence-electron chi connectivity index (χ3n) is 3.56. The minimum absolute atomic E-state index is 0.0380. The van der Waals surface area contributed by atoms with Crippen LogP contribution in [0, 0.1) is 6.92 Å². The summed E-state index contributed by atoms with van der Waals surface area (Å²) in [4.78, 5) is 0. The number of halogens is 2. The summed E-state index contributed by atoms with van der Waals surface area (Å²) in [6.45, 7) is 4.20. The Labute approximate surface area is 136 Å². The Morgan fingerprint density at radius 3 is 2.65 bits per heavy atom. The SMILES string of the molecule is CCc1nn(C)c(CC(N)c2cc(Br)ccc2C)c1Br. The van der Waals surface area contributed by atoms with Gasteiger partial charge in [-0.05, 0) is 52.5 Å². The highest BCUT2D eigenvalue weighted by atomic mass is 79.9. The predicted molar refractivity (Wildman–Crippen MR) is 89.8 cm³/mol. The van der Waals surface area contributed by atoms with E-state index in [2.05, 4.69) is 62.9 Å². The van der Waals surface area contributed by atoms with Gasteiger partial charge in [0.15, 0.2) is 0 Å². The molecule has 1 atom stereocenters. The molecule has 2 N–H and O–H groups in total. The van der Waals surface area contributed by atoms with E-state index < -0.39 is 0 Å². The molecule has 2 aromatic rings. The summed E-state index contributed by atoms with van der Waals surface area (Å²) >= 11 is 7.16. The summed E-state index contributed by atoms with van der Waals surface area (Å²) < 4.78 is 4.08. The lowest BCUT2D eigenvalue weighted by Gasteiger charge is -2.15. The topological polar surface area (TPSA) is 43.8 Å². The van der Waals surface area contributed by atoms with Gasteiger partial charge in [-0.3, -0.25) is 4.68 Å². The van der Waals surface area contributed by atoms with Gasteiger partial charge >= 0.3 is 0 Å². The van der Waals surface area contributed by atoms with Crippen LogP contribution >= 0.6 is 31.9 Å². The van der Waals surface area contributed by atoms with Crippen LogP contribution in [0.4, 0.5) is 0 Å². The summed E-state index contributed by atoms with van der Waals surface area (Å²) in [5.74, 6) is 0. The molecular weight excluding hydrogens is 382 g/mol. The number of rotatable bonds is 4. The molecule has 0 saturated heterocycles. The van der Waals surface area contributed by atoms with Crippen molar-refractivity contribution in [2.24, 2.45) is 12.8 Å². The lowest BCUT2D eigenvalue weighted by atomic mass is 9.98. The Bertz CT molecular complexity index is 620. The molecule has 0 saturated carbocycles. The van der Waals surface area contributed by atoms with Crippen LogP contribution in [0.25, 0.3) is 0 Å². The number of benzene rings is 1. The number of hydrogen-bond donors (Lipinski definition) is 1. The van der Waals surface area contributed by atoms with Gasteiger partial charge in [0.25, 0.3) is 0 Å². The van der Waals surface area contributed by atoms with Gasteiger partial charge in [-0.1, -0.05) is 28.9 Å². The van der Waals surface area contributed by atoms with Crippen molar-refractivity contribution in [3.05, 3.63) is 49.7 Å². The van der Waals surface area contributed by atoms with Gasteiger partial charge in [-0.25, -0.2) is 0 Å². The molecule has 1 heterocycles. The summed E-state index contributed by atoms with van der Waals surface area (Å²) in [5.41, 5.74) is 11.0. The molecular formula is C15H19Br2N3. The Kier molecular flexibility index (Phi) is 5.04. The minimum Gasteiger partial charge on any atom is -0.324 e.